The number of aromatic nitrogens is 2. The third kappa shape index (κ3) is 2.85. The molecule has 2 rings (SSSR count). The molecular weight excluding hydrogens is 329 g/mol. The number of hydrogen-bond acceptors (Lipinski definition) is 4. The monoisotopic (exact) mass is 343 g/mol. The fourth-order valence-electron chi connectivity index (χ4n) is 1.98. The summed E-state index contributed by atoms with van der Waals surface area (Å²) < 4.78 is 18.7. The summed E-state index contributed by atoms with van der Waals surface area (Å²) in [5.74, 6) is 0.0183. The van der Waals surface area contributed by atoms with Crippen LogP contribution < -0.4 is 5.32 Å². The molecule has 0 fully saturated rings. The fraction of sp³-hybridized carbons (Fsp3) is 0.385. The van der Waals surface area contributed by atoms with Crippen molar-refractivity contribution in [3.8, 4) is 0 Å². The average Bonchev–Trinajstić information content (AvgIpc) is 2.85. The number of rotatable bonds is 4. The third-order valence-corrected chi connectivity index (χ3v) is 4.35. The minimum absolute atomic E-state index is 0.227. The van der Waals surface area contributed by atoms with Crippen molar-refractivity contribution in [1.82, 2.24) is 14.9 Å². The lowest BCUT2D eigenvalue weighted by Gasteiger charge is -2.18. The van der Waals surface area contributed by atoms with Gasteiger partial charge in [0, 0.05) is 5.56 Å². The van der Waals surface area contributed by atoms with Crippen LogP contribution in [0.3, 0.4) is 0 Å². The first kappa shape index (κ1) is 14.6. The summed E-state index contributed by atoms with van der Waals surface area (Å²) >= 11 is 4.54. The minimum Gasteiger partial charge on any atom is -0.308 e. The number of benzene rings is 1. The Morgan fingerprint density at radius 3 is 2.74 bits per heavy atom. The second-order valence-corrected chi connectivity index (χ2v) is 6.18. The number of halogens is 2. The van der Waals surface area contributed by atoms with Crippen LogP contribution in [0.5, 0.6) is 0 Å². The standard InChI is InChI=1S/C13H15BrFN3S/c1-7(2)11-13(19-18-17-11)12(16-3)8-5-4-6-9(14)10(8)15/h4-7,12,16H,1-3H3. The highest BCUT2D eigenvalue weighted by atomic mass is 79.9. The summed E-state index contributed by atoms with van der Waals surface area (Å²) in [4.78, 5) is 0.967. The normalized spacial score (nSPS) is 12.9. The van der Waals surface area contributed by atoms with E-state index in [2.05, 4.69) is 44.7 Å². The Morgan fingerprint density at radius 2 is 2.11 bits per heavy atom. The summed E-state index contributed by atoms with van der Waals surface area (Å²) in [6, 6.07) is 5.08. The maximum atomic E-state index is 14.2. The zero-order valence-electron chi connectivity index (χ0n) is 10.9. The van der Waals surface area contributed by atoms with Gasteiger partial charge in [0.2, 0.25) is 0 Å². The van der Waals surface area contributed by atoms with Crippen molar-refractivity contribution >= 4 is 27.5 Å². The van der Waals surface area contributed by atoms with Crippen molar-refractivity contribution in [2.75, 3.05) is 7.05 Å². The van der Waals surface area contributed by atoms with E-state index in [0.717, 1.165) is 10.6 Å². The molecule has 1 aromatic heterocycles. The number of nitrogens with one attached hydrogen (secondary N) is 1. The van der Waals surface area contributed by atoms with Crippen molar-refractivity contribution in [3.63, 3.8) is 0 Å². The SMILES string of the molecule is CNC(c1cccc(Br)c1F)c1snnc1C(C)C. The Bertz CT molecular complexity index is 571. The maximum absolute atomic E-state index is 14.2. The Hall–Kier alpha value is -0.850. The zero-order chi connectivity index (χ0) is 14.0. The van der Waals surface area contributed by atoms with Crippen LogP contribution in [0.4, 0.5) is 4.39 Å². The smallest absolute Gasteiger partial charge is 0.142 e. The first-order valence-corrected chi connectivity index (χ1v) is 7.56. The van der Waals surface area contributed by atoms with E-state index < -0.39 is 0 Å². The van der Waals surface area contributed by atoms with Crippen LogP contribution in [-0.2, 0) is 0 Å². The molecule has 3 nitrogen and oxygen atoms in total. The van der Waals surface area contributed by atoms with Gasteiger partial charge in [0.25, 0.3) is 0 Å². The molecule has 0 saturated heterocycles. The van der Waals surface area contributed by atoms with E-state index in [-0.39, 0.29) is 17.8 Å². The molecule has 0 bridgehead atoms. The van der Waals surface area contributed by atoms with Gasteiger partial charge >= 0.3 is 0 Å². The average molecular weight is 344 g/mol. The van der Waals surface area contributed by atoms with Crippen molar-refractivity contribution in [2.45, 2.75) is 25.8 Å². The molecule has 0 aliphatic heterocycles. The highest BCUT2D eigenvalue weighted by molar-refractivity contribution is 9.10. The molecule has 102 valence electrons. The molecule has 0 saturated carbocycles. The lowest BCUT2D eigenvalue weighted by atomic mass is 10.00. The molecule has 1 aromatic carbocycles. The molecule has 0 radical (unpaired) electrons. The molecule has 1 unspecified atom stereocenters. The van der Waals surface area contributed by atoms with Gasteiger partial charge < -0.3 is 5.32 Å². The summed E-state index contributed by atoms with van der Waals surface area (Å²) in [6.07, 6.45) is 0. The summed E-state index contributed by atoms with van der Waals surface area (Å²) in [5, 5.41) is 7.31. The molecule has 1 N–H and O–H groups in total. The zero-order valence-corrected chi connectivity index (χ0v) is 13.3. The predicted octanol–water partition coefficient (Wildman–Crippen LogP) is 3.87. The van der Waals surface area contributed by atoms with Gasteiger partial charge in [0.05, 0.1) is 21.1 Å². The molecule has 2 aromatic rings. The van der Waals surface area contributed by atoms with Crippen LogP contribution in [0, 0.1) is 5.82 Å². The quantitative estimate of drug-likeness (QED) is 0.915. The molecule has 0 amide bonds. The van der Waals surface area contributed by atoms with E-state index in [1.54, 1.807) is 12.1 Å². The Labute approximate surface area is 124 Å². The largest absolute Gasteiger partial charge is 0.308 e. The fourth-order valence-corrected chi connectivity index (χ4v) is 3.29. The minimum atomic E-state index is -0.245. The van der Waals surface area contributed by atoms with Crippen LogP contribution in [0.2, 0.25) is 0 Å². The van der Waals surface area contributed by atoms with E-state index in [9.17, 15) is 4.39 Å². The van der Waals surface area contributed by atoms with Crippen molar-refractivity contribution in [3.05, 3.63) is 44.6 Å². The molecular formula is C13H15BrFN3S. The molecule has 6 heteroatoms. The van der Waals surface area contributed by atoms with E-state index in [1.807, 2.05) is 13.1 Å². The highest BCUT2D eigenvalue weighted by Crippen LogP contribution is 2.33. The first-order chi connectivity index (χ1) is 9.06. The Kier molecular flexibility index (Phi) is 4.65. The van der Waals surface area contributed by atoms with Crippen LogP contribution in [0.1, 0.15) is 41.9 Å². The number of nitrogens with zero attached hydrogens (tertiary/aromatic N) is 2. The molecule has 1 heterocycles. The summed E-state index contributed by atoms with van der Waals surface area (Å²) in [6.45, 7) is 4.12. The van der Waals surface area contributed by atoms with Crippen LogP contribution in [-0.4, -0.2) is 16.6 Å². The lowest BCUT2D eigenvalue weighted by Crippen LogP contribution is -2.19. The molecule has 0 aliphatic rings. The molecule has 0 spiro atoms. The van der Waals surface area contributed by atoms with Crippen LogP contribution >= 0.6 is 27.5 Å². The van der Waals surface area contributed by atoms with Crippen LogP contribution in [0.15, 0.2) is 22.7 Å². The molecule has 1 atom stereocenters. The van der Waals surface area contributed by atoms with E-state index in [0.29, 0.717) is 10.0 Å². The van der Waals surface area contributed by atoms with E-state index >= 15 is 0 Å². The summed E-state index contributed by atoms with van der Waals surface area (Å²) in [5.41, 5.74) is 1.52. The van der Waals surface area contributed by atoms with E-state index in [1.165, 1.54) is 11.5 Å². The van der Waals surface area contributed by atoms with Crippen molar-refractivity contribution < 1.29 is 4.39 Å². The van der Waals surface area contributed by atoms with Gasteiger partial charge in [-0.3, -0.25) is 0 Å². The van der Waals surface area contributed by atoms with Crippen LogP contribution in [0.25, 0.3) is 0 Å². The maximum Gasteiger partial charge on any atom is 0.142 e. The Balaban J connectivity index is 2.50. The molecule has 0 aliphatic carbocycles. The molecule has 19 heavy (non-hydrogen) atoms. The van der Waals surface area contributed by atoms with Crippen molar-refractivity contribution in [2.24, 2.45) is 0 Å². The predicted molar refractivity (Wildman–Crippen MR) is 79.0 cm³/mol. The third-order valence-electron chi connectivity index (χ3n) is 2.93. The van der Waals surface area contributed by atoms with Crippen molar-refractivity contribution in [1.29, 1.82) is 0 Å². The van der Waals surface area contributed by atoms with Gasteiger partial charge in [-0.2, -0.15) is 0 Å². The topological polar surface area (TPSA) is 37.8 Å². The lowest BCUT2D eigenvalue weighted by molar-refractivity contribution is 0.570. The van der Waals surface area contributed by atoms with Gasteiger partial charge in [-0.05, 0) is 46.5 Å². The van der Waals surface area contributed by atoms with E-state index in [4.69, 9.17) is 0 Å². The second-order valence-electron chi connectivity index (χ2n) is 4.54. The van der Waals surface area contributed by atoms with Gasteiger partial charge in [-0.1, -0.05) is 30.5 Å². The highest BCUT2D eigenvalue weighted by Gasteiger charge is 2.24. The van der Waals surface area contributed by atoms with Gasteiger partial charge in [-0.15, -0.1) is 5.10 Å². The van der Waals surface area contributed by atoms with Gasteiger partial charge in [0.15, 0.2) is 0 Å². The second kappa shape index (κ2) is 6.07. The van der Waals surface area contributed by atoms with Gasteiger partial charge in [-0.25, -0.2) is 4.39 Å². The Morgan fingerprint density at radius 1 is 1.37 bits per heavy atom. The number of hydrogen-bond donors (Lipinski definition) is 1. The first-order valence-electron chi connectivity index (χ1n) is 5.99. The summed E-state index contributed by atoms with van der Waals surface area (Å²) in [7, 11) is 1.81. The van der Waals surface area contributed by atoms with Gasteiger partial charge in [0.1, 0.15) is 5.82 Å².